The fourth-order valence-electron chi connectivity index (χ4n) is 3.27. The van der Waals surface area contributed by atoms with E-state index in [1.165, 1.54) is 12.1 Å². The van der Waals surface area contributed by atoms with Gasteiger partial charge >= 0.3 is 5.97 Å². The van der Waals surface area contributed by atoms with Crippen LogP contribution in [0.25, 0.3) is 0 Å². The summed E-state index contributed by atoms with van der Waals surface area (Å²) in [7, 11) is 0. The van der Waals surface area contributed by atoms with Gasteiger partial charge in [0.2, 0.25) is 5.60 Å². The first-order valence-electron chi connectivity index (χ1n) is 8.65. The van der Waals surface area contributed by atoms with E-state index in [9.17, 15) is 24.8 Å². The largest absolute Gasteiger partial charge is 0.463 e. The Bertz CT molecular complexity index is 1020. The lowest BCUT2D eigenvalue weighted by molar-refractivity contribution is -0.384. The zero-order chi connectivity index (χ0) is 21.3. The predicted octanol–water partition coefficient (Wildman–Crippen LogP) is 3.21. The van der Waals surface area contributed by atoms with Crippen molar-refractivity contribution in [2.24, 2.45) is 0 Å². The monoisotopic (exact) mass is 460 g/mol. The number of hydrogen-bond acceptors (Lipinski definition) is 6. The van der Waals surface area contributed by atoms with Crippen LogP contribution in [0.3, 0.4) is 0 Å². The summed E-state index contributed by atoms with van der Waals surface area (Å²) in [5.74, 6) is -1.87. The van der Waals surface area contributed by atoms with Gasteiger partial charge in [0, 0.05) is 16.1 Å². The number of hydrogen-bond donors (Lipinski definition) is 1. The van der Waals surface area contributed by atoms with Crippen molar-refractivity contribution in [2.45, 2.75) is 19.1 Å². The van der Waals surface area contributed by atoms with Crippen LogP contribution >= 0.6 is 15.9 Å². The number of nitro benzene ring substituents is 1. The Hall–Kier alpha value is -3.04. The molecule has 3 rings (SSSR count). The smallest absolute Gasteiger partial charge is 0.337 e. The lowest BCUT2D eigenvalue weighted by Crippen LogP contribution is -2.43. The highest BCUT2D eigenvalue weighted by Gasteiger charge is 2.56. The molecule has 1 heterocycles. The number of halogens is 1. The van der Waals surface area contributed by atoms with Crippen molar-refractivity contribution in [2.75, 3.05) is 11.5 Å². The molecule has 2 aromatic carbocycles. The number of rotatable bonds is 6. The Kier molecular flexibility index (Phi) is 5.54. The van der Waals surface area contributed by atoms with E-state index in [2.05, 4.69) is 22.5 Å². The summed E-state index contributed by atoms with van der Waals surface area (Å²) in [5.41, 5.74) is -2.86. The molecule has 1 aliphatic rings. The molecular formula is C20H17BrN2O6. The highest BCUT2D eigenvalue weighted by Crippen LogP contribution is 2.50. The van der Waals surface area contributed by atoms with Gasteiger partial charge in [-0.1, -0.05) is 52.8 Å². The summed E-state index contributed by atoms with van der Waals surface area (Å²) in [4.78, 5) is 37.7. The van der Waals surface area contributed by atoms with Gasteiger partial charge in [0.05, 0.1) is 23.6 Å². The first kappa shape index (κ1) is 20.7. The Morgan fingerprint density at radius 3 is 2.59 bits per heavy atom. The number of anilines is 1. The topological polar surface area (TPSA) is 110 Å². The molecule has 9 heteroatoms. The van der Waals surface area contributed by atoms with Crippen molar-refractivity contribution < 1.29 is 24.4 Å². The van der Waals surface area contributed by atoms with Crippen LogP contribution < -0.4 is 4.90 Å². The molecule has 2 aromatic rings. The summed E-state index contributed by atoms with van der Waals surface area (Å²) < 4.78 is 5.16. The van der Waals surface area contributed by atoms with E-state index in [1.807, 2.05) is 0 Å². The number of benzene rings is 2. The van der Waals surface area contributed by atoms with Gasteiger partial charge in [-0.2, -0.15) is 0 Å². The van der Waals surface area contributed by atoms with Gasteiger partial charge in [-0.25, -0.2) is 4.79 Å². The molecule has 0 radical (unpaired) electrons. The molecule has 0 saturated heterocycles. The normalized spacial score (nSPS) is 17.8. The SMILES string of the molecule is C=C(C(=O)OCC)C1(O)C(=O)N(Cc2ccccc2)c2c([N+](=O)[O-])cc(Br)cc21. The molecule has 1 amide bonds. The van der Waals surface area contributed by atoms with Gasteiger partial charge < -0.3 is 9.84 Å². The van der Waals surface area contributed by atoms with Crippen molar-refractivity contribution in [3.63, 3.8) is 0 Å². The van der Waals surface area contributed by atoms with E-state index in [4.69, 9.17) is 4.74 Å². The number of esters is 1. The molecule has 1 unspecified atom stereocenters. The van der Waals surface area contributed by atoms with Crippen molar-refractivity contribution in [3.05, 3.63) is 80.3 Å². The second kappa shape index (κ2) is 7.76. The van der Waals surface area contributed by atoms with E-state index >= 15 is 0 Å². The van der Waals surface area contributed by atoms with Crippen molar-refractivity contribution >= 4 is 39.2 Å². The van der Waals surface area contributed by atoms with Crippen LogP contribution in [0.5, 0.6) is 0 Å². The maximum absolute atomic E-state index is 13.3. The number of carbonyl (C=O) groups is 2. The highest BCUT2D eigenvalue weighted by atomic mass is 79.9. The van der Waals surface area contributed by atoms with Gasteiger partial charge in [0.1, 0.15) is 5.69 Å². The lowest BCUT2D eigenvalue weighted by atomic mass is 9.88. The van der Waals surface area contributed by atoms with Crippen LogP contribution in [0.1, 0.15) is 18.1 Å². The third kappa shape index (κ3) is 3.43. The van der Waals surface area contributed by atoms with E-state index in [1.54, 1.807) is 37.3 Å². The lowest BCUT2D eigenvalue weighted by Gasteiger charge is -2.24. The van der Waals surface area contributed by atoms with Gasteiger partial charge in [-0.3, -0.25) is 19.8 Å². The summed E-state index contributed by atoms with van der Waals surface area (Å²) in [6.07, 6.45) is 0. The molecule has 29 heavy (non-hydrogen) atoms. The second-order valence-electron chi connectivity index (χ2n) is 6.36. The average Bonchev–Trinajstić information content (AvgIpc) is 2.90. The molecule has 1 aliphatic heterocycles. The Labute approximate surface area is 174 Å². The number of fused-ring (bicyclic) bond motifs is 1. The molecule has 0 saturated carbocycles. The van der Waals surface area contributed by atoms with E-state index in [-0.39, 0.29) is 34.6 Å². The Balaban J connectivity index is 2.22. The van der Waals surface area contributed by atoms with Crippen LogP contribution in [0, 0.1) is 10.1 Å². The van der Waals surface area contributed by atoms with Crippen LogP contribution in [0.2, 0.25) is 0 Å². The second-order valence-corrected chi connectivity index (χ2v) is 7.28. The van der Waals surface area contributed by atoms with E-state index in [0.717, 1.165) is 4.90 Å². The molecule has 0 spiro atoms. The molecule has 150 valence electrons. The first-order valence-corrected chi connectivity index (χ1v) is 9.44. The zero-order valence-corrected chi connectivity index (χ0v) is 17.0. The summed E-state index contributed by atoms with van der Waals surface area (Å²) in [6.45, 7) is 5.12. The maximum Gasteiger partial charge on any atom is 0.337 e. The molecule has 0 aliphatic carbocycles. The fraction of sp³-hybridized carbons (Fsp3) is 0.200. The van der Waals surface area contributed by atoms with Crippen LogP contribution in [0.15, 0.2) is 59.1 Å². The van der Waals surface area contributed by atoms with Gasteiger partial charge in [-0.15, -0.1) is 0 Å². The van der Waals surface area contributed by atoms with E-state index < -0.39 is 28.0 Å². The highest BCUT2D eigenvalue weighted by molar-refractivity contribution is 9.10. The van der Waals surface area contributed by atoms with Crippen molar-refractivity contribution in [1.82, 2.24) is 0 Å². The van der Waals surface area contributed by atoms with Crippen molar-refractivity contribution in [3.8, 4) is 0 Å². The molecule has 0 aromatic heterocycles. The predicted molar refractivity (Wildman–Crippen MR) is 108 cm³/mol. The average molecular weight is 461 g/mol. The minimum Gasteiger partial charge on any atom is -0.463 e. The van der Waals surface area contributed by atoms with Crippen molar-refractivity contribution in [1.29, 1.82) is 0 Å². The fourth-order valence-corrected chi connectivity index (χ4v) is 3.72. The van der Waals surface area contributed by atoms with Crippen LogP contribution in [-0.2, 0) is 26.5 Å². The molecule has 0 bridgehead atoms. The number of nitro groups is 1. The number of nitrogens with zero attached hydrogens (tertiary/aromatic N) is 2. The summed E-state index contributed by atoms with van der Waals surface area (Å²) >= 11 is 3.17. The van der Waals surface area contributed by atoms with E-state index in [0.29, 0.717) is 5.56 Å². The molecule has 1 N–H and O–H groups in total. The molecule has 8 nitrogen and oxygen atoms in total. The van der Waals surface area contributed by atoms with Gasteiger partial charge in [-0.05, 0) is 18.6 Å². The number of carbonyl (C=O) groups excluding carboxylic acids is 2. The number of aliphatic hydroxyl groups is 1. The maximum atomic E-state index is 13.3. The number of amides is 1. The van der Waals surface area contributed by atoms with Crippen LogP contribution in [-0.4, -0.2) is 28.5 Å². The quantitative estimate of drug-likeness (QED) is 0.306. The molecular weight excluding hydrogens is 444 g/mol. The van der Waals surface area contributed by atoms with Crippen LogP contribution in [0.4, 0.5) is 11.4 Å². The standard InChI is InChI=1S/C20H17BrN2O6/c1-3-29-18(24)12(2)20(26)15-9-14(21)10-16(23(27)28)17(15)22(19(20)25)11-13-7-5-4-6-8-13/h4-10,26H,2-3,11H2,1H3. The minimum atomic E-state index is -2.48. The summed E-state index contributed by atoms with van der Waals surface area (Å²) in [5, 5.41) is 23.0. The molecule has 0 fully saturated rings. The van der Waals surface area contributed by atoms with Gasteiger partial charge in [0.25, 0.3) is 11.6 Å². The Morgan fingerprint density at radius 1 is 1.34 bits per heavy atom. The third-order valence-electron chi connectivity index (χ3n) is 4.61. The Morgan fingerprint density at radius 2 is 2.00 bits per heavy atom. The number of ether oxygens (including phenoxy) is 1. The molecule has 1 atom stereocenters. The zero-order valence-electron chi connectivity index (χ0n) is 15.4. The third-order valence-corrected chi connectivity index (χ3v) is 5.07. The first-order chi connectivity index (χ1) is 13.7. The van der Waals surface area contributed by atoms with Gasteiger partial charge in [0.15, 0.2) is 0 Å². The summed E-state index contributed by atoms with van der Waals surface area (Å²) in [6, 6.07) is 11.4. The minimum absolute atomic E-state index is 0.0152.